The van der Waals surface area contributed by atoms with Crippen molar-refractivity contribution in [3.8, 4) is 0 Å². The van der Waals surface area contributed by atoms with E-state index in [2.05, 4.69) is 20.6 Å². The lowest BCUT2D eigenvalue weighted by Gasteiger charge is -2.29. The molecular weight excluding hydrogens is 377 g/mol. The zero-order chi connectivity index (χ0) is 20.5. The molecule has 1 fully saturated rings. The molecule has 2 aromatic rings. The van der Waals surface area contributed by atoms with Crippen LogP contribution >= 0.6 is 0 Å². The van der Waals surface area contributed by atoms with Crippen LogP contribution in [-0.4, -0.2) is 34.9 Å². The number of aromatic amines is 1. The number of hydrogen-bond acceptors (Lipinski definition) is 5. The number of halogens is 1. The van der Waals surface area contributed by atoms with Crippen molar-refractivity contribution in [1.29, 1.82) is 0 Å². The van der Waals surface area contributed by atoms with Gasteiger partial charge in [-0.2, -0.15) is 4.98 Å². The van der Waals surface area contributed by atoms with Gasteiger partial charge in [0.25, 0.3) is 5.56 Å². The van der Waals surface area contributed by atoms with E-state index in [1.165, 1.54) is 12.1 Å². The molecule has 1 saturated heterocycles. The molecule has 0 spiro atoms. The number of fused-ring (bicyclic) bond motifs is 1. The van der Waals surface area contributed by atoms with E-state index in [-0.39, 0.29) is 23.5 Å². The minimum Gasteiger partial charge on any atom is -0.342 e. The predicted octanol–water partition coefficient (Wildman–Crippen LogP) is 2.27. The van der Waals surface area contributed by atoms with Crippen molar-refractivity contribution in [1.82, 2.24) is 9.97 Å². The van der Waals surface area contributed by atoms with Gasteiger partial charge in [0, 0.05) is 19.5 Å². The van der Waals surface area contributed by atoms with Crippen molar-refractivity contribution in [2.75, 3.05) is 28.6 Å². The normalized spacial score (nSPS) is 18.8. The van der Waals surface area contributed by atoms with Gasteiger partial charge >= 0.3 is 0 Å². The molecular formula is C20H22FN5O3. The van der Waals surface area contributed by atoms with Gasteiger partial charge in [-0.25, -0.2) is 4.39 Å². The van der Waals surface area contributed by atoms with Crippen LogP contribution in [0.2, 0.25) is 0 Å². The Bertz CT molecular complexity index is 1030. The smallest absolute Gasteiger partial charge is 0.258 e. The molecule has 0 saturated carbocycles. The fourth-order valence-electron chi connectivity index (χ4n) is 3.78. The summed E-state index contributed by atoms with van der Waals surface area (Å²) in [5, 5.41) is 5.09. The van der Waals surface area contributed by atoms with Crippen molar-refractivity contribution in [2.45, 2.75) is 38.5 Å². The van der Waals surface area contributed by atoms with Crippen LogP contribution in [0.15, 0.2) is 23.0 Å². The molecule has 8 nitrogen and oxygen atoms in total. The van der Waals surface area contributed by atoms with Crippen LogP contribution in [0, 0.1) is 12.7 Å². The SMILES string of the molecule is Cc1ccc(NC(=O)[C@H]2CC(=O)Nc3nc(N4CCCCC4)[nH]c(=O)c32)c(F)c1. The lowest BCUT2D eigenvalue weighted by atomic mass is 9.92. The summed E-state index contributed by atoms with van der Waals surface area (Å²) in [7, 11) is 0. The van der Waals surface area contributed by atoms with Crippen LogP contribution in [0.4, 0.5) is 21.8 Å². The maximum atomic E-state index is 14.1. The van der Waals surface area contributed by atoms with Crippen LogP contribution in [0.25, 0.3) is 0 Å². The number of piperidine rings is 1. The Morgan fingerprint density at radius 1 is 1.24 bits per heavy atom. The fourth-order valence-corrected chi connectivity index (χ4v) is 3.78. The summed E-state index contributed by atoms with van der Waals surface area (Å²) < 4.78 is 14.1. The van der Waals surface area contributed by atoms with Crippen LogP contribution in [0.1, 0.15) is 42.7 Å². The van der Waals surface area contributed by atoms with Gasteiger partial charge in [-0.3, -0.25) is 19.4 Å². The maximum absolute atomic E-state index is 14.1. The highest BCUT2D eigenvalue weighted by atomic mass is 19.1. The van der Waals surface area contributed by atoms with Crippen molar-refractivity contribution in [3.05, 3.63) is 45.5 Å². The summed E-state index contributed by atoms with van der Waals surface area (Å²) >= 11 is 0. The molecule has 1 aromatic heterocycles. The Morgan fingerprint density at radius 3 is 2.72 bits per heavy atom. The highest BCUT2D eigenvalue weighted by Gasteiger charge is 2.35. The second-order valence-electron chi connectivity index (χ2n) is 7.48. The van der Waals surface area contributed by atoms with E-state index in [1.807, 2.05) is 4.90 Å². The van der Waals surface area contributed by atoms with Gasteiger partial charge in [0.15, 0.2) is 0 Å². The number of anilines is 3. The van der Waals surface area contributed by atoms with Gasteiger partial charge in [0.1, 0.15) is 11.6 Å². The number of nitrogens with one attached hydrogen (secondary N) is 3. The average molecular weight is 399 g/mol. The Kier molecular flexibility index (Phi) is 5.04. The van der Waals surface area contributed by atoms with Crippen LogP contribution in [0.3, 0.4) is 0 Å². The van der Waals surface area contributed by atoms with Gasteiger partial charge in [-0.15, -0.1) is 0 Å². The number of nitrogens with zero attached hydrogens (tertiary/aromatic N) is 2. The quantitative estimate of drug-likeness (QED) is 0.734. The number of carbonyl (C=O) groups excluding carboxylic acids is 2. The van der Waals surface area contributed by atoms with Crippen molar-refractivity contribution < 1.29 is 14.0 Å². The molecule has 3 N–H and O–H groups in total. The third-order valence-corrected chi connectivity index (χ3v) is 5.29. The van der Waals surface area contributed by atoms with E-state index in [9.17, 15) is 18.8 Å². The topological polar surface area (TPSA) is 107 Å². The number of amides is 2. The molecule has 2 aliphatic rings. The first kappa shape index (κ1) is 19.1. The van der Waals surface area contributed by atoms with Crippen molar-refractivity contribution in [3.63, 3.8) is 0 Å². The van der Waals surface area contributed by atoms with Gasteiger partial charge in [0.05, 0.1) is 17.2 Å². The second-order valence-corrected chi connectivity index (χ2v) is 7.48. The minimum absolute atomic E-state index is 0.00227. The Morgan fingerprint density at radius 2 is 2.00 bits per heavy atom. The fraction of sp³-hybridized carbons (Fsp3) is 0.400. The van der Waals surface area contributed by atoms with E-state index < -0.39 is 29.1 Å². The minimum atomic E-state index is -1.05. The molecule has 9 heteroatoms. The molecule has 2 aliphatic heterocycles. The van der Waals surface area contributed by atoms with Crippen LogP contribution in [0.5, 0.6) is 0 Å². The van der Waals surface area contributed by atoms with E-state index in [0.717, 1.165) is 32.4 Å². The first-order chi connectivity index (χ1) is 13.9. The molecule has 0 bridgehead atoms. The lowest BCUT2D eigenvalue weighted by Crippen LogP contribution is -2.38. The molecule has 0 unspecified atom stereocenters. The second kappa shape index (κ2) is 7.65. The third-order valence-electron chi connectivity index (χ3n) is 5.29. The number of carbonyl (C=O) groups is 2. The summed E-state index contributed by atoms with van der Waals surface area (Å²) in [5.74, 6) is -2.18. The molecule has 2 amide bonds. The Balaban J connectivity index is 1.65. The third kappa shape index (κ3) is 3.85. The largest absolute Gasteiger partial charge is 0.342 e. The van der Waals surface area contributed by atoms with E-state index in [0.29, 0.717) is 11.5 Å². The molecule has 4 rings (SSSR count). The first-order valence-corrected chi connectivity index (χ1v) is 9.68. The summed E-state index contributed by atoms with van der Waals surface area (Å²) in [5.41, 5.74) is 0.340. The Labute approximate surface area is 166 Å². The molecule has 0 radical (unpaired) electrons. The monoisotopic (exact) mass is 399 g/mol. The highest BCUT2D eigenvalue weighted by Crippen LogP contribution is 2.31. The lowest BCUT2D eigenvalue weighted by molar-refractivity contribution is -0.123. The number of aromatic nitrogens is 2. The molecule has 0 aliphatic carbocycles. The average Bonchev–Trinajstić information content (AvgIpc) is 2.69. The van der Waals surface area contributed by atoms with E-state index in [1.54, 1.807) is 13.0 Å². The van der Waals surface area contributed by atoms with Crippen LogP contribution in [-0.2, 0) is 9.59 Å². The standard InChI is InChI=1S/C20H22FN5O3/c1-11-5-6-14(13(21)9-11)22-18(28)12-10-15(27)23-17-16(12)19(29)25-20(24-17)26-7-3-2-4-8-26/h5-6,9,12H,2-4,7-8,10H2,1H3,(H,22,28)(H2,23,24,25,27,29)/t12-/m0/s1. The molecule has 3 heterocycles. The predicted molar refractivity (Wildman–Crippen MR) is 107 cm³/mol. The zero-order valence-electron chi connectivity index (χ0n) is 16.0. The first-order valence-electron chi connectivity index (χ1n) is 9.68. The van der Waals surface area contributed by atoms with E-state index >= 15 is 0 Å². The number of rotatable bonds is 3. The number of aryl methyl sites for hydroxylation is 1. The van der Waals surface area contributed by atoms with Crippen molar-refractivity contribution in [2.24, 2.45) is 0 Å². The molecule has 29 heavy (non-hydrogen) atoms. The Hall–Kier alpha value is -3.23. The van der Waals surface area contributed by atoms with Gasteiger partial charge < -0.3 is 15.5 Å². The van der Waals surface area contributed by atoms with Gasteiger partial charge in [-0.05, 0) is 43.9 Å². The van der Waals surface area contributed by atoms with E-state index in [4.69, 9.17) is 0 Å². The summed E-state index contributed by atoms with van der Waals surface area (Å²) in [6.45, 7) is 3.28. The molecule has 1 aromatic carbocycles. The van der Waals surface area contributed by atoms with Gasteiger partial charge in [0.2, 0.25) is 17.8 Å². The van der Waals surface area contributed by atoms with Crippen LogP contribution < -0.4 is 21.1 Å². The summed E-state index contributed by atoms with van der Waals surface area (Å²) in [6.07, 6.45) is 2.92. The molecule has 1 atom stereocenters. The zero-order valence-corrected chi connectivity index (χ0v) is 16.0. The van der Waals surface area contributed by atoms with Crippen molar-refractivity contribution >= 4 is 29.3 Å². The summed E-state index contributed by atoms with van der Waals surface area (Å²) in [4.78, 5) is 46.9. The number of hydrogen-bond donors (Lipinski definition) is 3. The maximum Gasteiger partial charge on any atom is 0.258 e. The number of benzene rings is 1. The van der Waals surface area contributed by atoms with Gasteiger partial charge in [-0.1, -0.05) is 6.07 Å². The number of H-pyrrole nitrogens is 1. The highest BCUT2D eigenvalue weighted by molar-refractivity contribution is 6.04. The molecule has 152 valence electrons. The summed E-state index contributed by atoms with van der Waals surface area (Å²) in [6, 6.07) is 4.42.